The minimum atomic E-state index is -0.270. The molecule has 0 bridgehead atoms. The fourth-order valence-corrected chi connectivity index (χ4v) is 2.91. The number of carbonyl (C=O) groups excluding carboxylic acids is 1. The molecule has 1 aromatic heterocycles. The largest absolute Gasteiger partial charge is 0.322 e. The van der Waals surface area contributed by atoms with Crippen molar-refractivity contribution >= 4 is 34.2 Å². The molecule has 0 spiro atoms. The molecule has 1 heterocycles. The van der Waals surface area contributed by atoms with Crippen molar-refractivity contribution in [1.29, 1.82) is 0 Å². The van der Waals surface area contributed by atoms with Crippen LogP contribution in [0.2, 0.25) is 5.02 Å². The lowest BCUT2D eigenvalue weighted by Gasteiger charge is -2.21. The van der Waals surface area contributed by atoms with Crippen molar-refractivity contribution in [3.05, 3.63) is 69.2 Å². The van der Waals surface area contributed by atoms with E-state index in [0.29, 0.717) is 34.0 Å². The highest BCUT2D eigenvalue weighted by molar-refractivity contribution is 6.30. The molecule has 3 rings (SSSR count). The molecule has 0 radical (unpaired) electrons. The number of rotatable bonds is 4. The van der Waals surface area contributed by atoms with Gasteiger partial charge >= 0.3 is 6.03 Å². The lowest BCUT2D eigenvalue weighted by molar-refractivity contribution is 0.210. The fraction of sp³-hybridized carbons (Fsp3) is 0.211. The SMILES string of the molecule is CCN(Cc1nc2ccccc2c(=O)[nH]1)C(=O)Nc1ccc(Cl)cc1C. The summed E-state index contributed by atoms with van der Waals surface area (Å²) in [5.74, 6) is 0.443. The predicted molar refractivity (Wildman–Crippen MR) is 104 cm³/mol. The van der Waals surface area contributed by atoms with E-state index in [-0.39, 0.29) is 18.1 Å². The molecule has 2 N–H and O–H groups in total. The Balaban J connectivity index is 1.80. The first-order valence-corrected chi connectivity index (χ1v) is 8.65. The van der Waals surface area contributed by atoms with Gasteiger partial charge in [0.1, 0.15) is 5.82 Å². The van der Waals surface area contributed by atoms with E-state index in [1.54, 1.807) is 41.3 Å². The van der Waals surface area contributed by atoms with Crippen LogP contribution < -0.4 is 10.9 Å². The number of nitrogens with zero attached hydrogens (tertiary/aromatic N) is 2. The molecule has 0 fully saturated rings. The highest BCUT2D eigenvalue weighted by Gasteiger charge is 2.15. The van der Waals surface area contributed by atoms with Gasteiger partial charge in [0.2, 0.25) is 0 Å². The van der Waals surface area contributed by atoms with Crippen LogP contribution in [0.15, 0.2) is 47.3 Å². The van der Waals surface area contributed by atoms with Crippen molar-refractivity contribution in [3.63, 3.8) is 0 Å². The highest BCUT2D eigenvalue weighted by atomic mass is 35.5. The van der Waals surface area contributed by atoms with Gasteiger partial charge in [-0.15, -0.1) is 0 Å². The van der Waals surface area contributed by atoms with Crippen LogP contribution >= 0.6 is 11.6 Å². The summed E-state index contributed by atoms with van der Waals surface area (Å²) in [5, 5.41) is 4.01. The Kier molecular flexibility index (Phi) is 5.23. The van der Waals surface area contributed by atoms with Crippen LogP contribution in [0.1, 0.15) is 18.3 Å². The van der Waals surface area contributed by atoms with Crippen LogP contribution in [-0.4, -0.2) is 27.4 Å². The van der Waals surface area contributed by atoms with Gasteiger partial charge in [-0.25, -0.2) is 9.78 Å². The number of fused-ring (bicyclic) bond motifs is 1. The zero-order valence-electron chi connectivity index (χ0n) is 14.5. The summed E-state index contributed by atoms with van der Waals surface area (Å²) in [7, 11) is 0. The van der Waals surface area contributed by atoms with Gasteiger partial charge in [0.05, 0.1) is 17.4 Å². The van der Waals surface area contributed by atoms with Crippen molar-refractivity contribution in [2.45, 2.75) is 20.4 Å². The van der Waals surface area contributed by atoms with E-state index in [1.165, 1.54) is 0 Å². The summed E-state index contributed by atoms with van der Waals surface area (Å²) < 4.78 is 0. The number of aromatic nitrogens is 2. The predicted octanol–water partition coefficient (Wildman–Crippen LogP) is 3.94. The minimum Gasteiger partial charge on any atom is -0.317 e. The number of carbonyl (C=O) groups is 1. The number of hydrogen-bond donors (Lipinski definition) is 2. The third-order valence-corrected chi connectivity index (χ3v) is 4.34. The molecule has 3 aromatic rings. The maximum Gasteiger partial charge on any atom is 0.322 e. The normalized spacial score (nSPS) is 10.7. The number of amides is 2. The van der Waals surface area contributed by atoms with Crippen LogP contribution in [0.5, 0.6) is 0 Å². The van der Waals surface area contributed by atoms with Gasteiger partial charge in [-0.05, 0) is 49.7 Å². The molecule has 0 aliphatic heterocycles. The lowest BCUT2D eigenvalue weighted by Crippen LogP contribution is -2.35. The van der Waals surface area contributed by atoms with Gasteiger partial charge < -0.3 is 15.2 Å². The van der Waals surface area contributed by atoms with Gasteiger partial charge in [0.15, 0.2) is 0 Å². The zero-order chi connectivity index (χ0) is 18.7. The molecule has 0 saturated heterocycles. The Labute approximate surface area is 155 Å². The van der Waals surface area contributed by atoms with Gasteiger partial charge in [0, 0.05) is 17.3 Å². The third-order valence-electron chi connectivity index (χ3n) is 4.10. The van der Waals surface area contributed by atoms with E-state index in [0.717, 1.165) is 5.56 Å². The quantitative estimate of drug-likeness (QED) is 0.730. The summed E-state index contributed by atoms with van der Waals surface area (Å²) in [5.41, 5.74) is 1.96. The molecule has 0 atom stereocenters. The van der Waals surface area contributed by atoms with Gasteiger partial charge in [0.25, 0.3) is 5.56 Å². The minimum absolute atomic E-state index is 0.203. The topological polar surface area (TPSA) is 78.1 Å². The lowest BCUT2D eigenvalue weighted by atomic mass is 10.2. The first-order chi connectivity index (χ1) is 12.5. The van der Waals surface area contributed by atoms with Gasteiger partial charge in [-0.2, -0.15) is 0 Å². The second-order valence-electron chi connectivity index (χ2n) is 5.93. The Morgan fingerprint density at radius 2 is 2.04 bits per heavy atom. The second-order valence-corrected chi connectivity index (χ2v) is 6.37. The van der Waals surface area contributed by atoms with Crippen molar-refractivity contribution in [3.8, 4) is 0 Å². The molecule has 0 unspecified atom stereocenters. The number of urea groups is 1. The number of aromatic amines is 1. The number of benzene rings is 2. The molecule has 0 saturated carbocycles. The molecular formula is C19H19ClN4O2. The van der Waals surface area contributed by atoms with Crippen LogP contribution in [-0.2, 0) is 6.54 Å². The van der Waals surface area contributed by atoms with E-state index in [4.69, 9.17) is 11.6 Å². The van der Waals surface area contributed by atoms with E-state index in [9.17, 15) is 9.59 Å². The molecule has 0 aliphatic rings. The average Bonchev–Trinajstić information content (AvgIpc) is 2.62. The molecule has 134 valence electrons. The summed E-state index contributed by atoms with van der Waals surface area (Å²) in [6.07, 6.45) is 0. The summed E-state index contributed by atoms with van der Waals surface area (Å²) in [4.78, 5) is 33.5. The molecular weight excluding hydrogens is 352 g/mol. The maximum atomic E-state index is 12.6. The van der Waals surface area contributed by atoms with Crippen molar-refractivity contribution in [2.75, 3.05) is 11.9 Å². The molecule has 6 nitrogen and oxygen atoms in total. The van der Waals surface area contributed by atoms with E-state index in [1.807, 2.05) is 19.9 Å². The Bertz CT molecular complexity index is 1020. The first kappa shape index (κ1) is 17.9. The van der Waals surface area contributed by atoms with Crippen molar-refractivity contribution in [2.24, 2.45) is 0 Å². The molecule has 0 aliphatic carbocycles. The first-order valence-electron chi connectivity index (χ1n) is 8.28. The summed E-state index contributed by atoms with van der Waals surface area (Å²) >= 11 is 5.95. The highest BCUT2D eigenvalue weighted by Crippen LogP contribution is 2.20. The number of aryl methyl sites for hydroxylation is 1. The number of para-hydroxylation sites is 1. The van der Waals surface area contributed by atoms with Crippen LogP contribution in [0, 0.1) is 6.92 Å². The number of anilines is 1. The smallest absolute Gasteiger partial charge is 0.317 e. The molecule has 2 amide bonds. The molecule has 2 aromatic carbocycles. The second kappa shape index (κ2) is 7.58. The number of halogens is 1. The van der Waals surface area contributed by atoms with Crippen LogP contribution in [0.25, 0.3) is 10.9 Å². The van der Waals surface area contributed by atoms with E-state index >= 15 is 0 Å². The van der Waals surface area contributed by atoms with Crippen molar-refractivity contribution in [1.82, 2.24) is 14.9 Å². The number of H-pyrrole nitrogens is 1. The van der Waals surface area contributed by atoms with Crippen LogP contribution in [0.4, 0.5) is 10.5 Å². The fourth-order valence-electron chi connectivity index (χ4n) is 2.68. The number of hydrogen-bond acceptors (Lipinski definition) is 3. The average molecular weight is 371 g/mol. The Hall–Kier alpha value is -2.86. The third kappa shape index (κ3) is 3.86. The molecule has 26 heavy (non-hydrogen) atoms. The monoisotopic (exact) mass is 370 g/mol. The summed E-state index contributed by atoms with van der Waals surface area (Å²) in [6.45, 7) is 4.41. The van der Waals surface area contributed by atoms with E-state index < -0.39 is 0 Å². The standard InChI is InChI=1S/C19H19ClN4O2/c1-3-24(19(26)22-15-9-8-13(20)10-12(15)2)11-17-21-16-7-5-4-6-14(16)18(25)23-17/h4-10H,3,11H2,1-2H3,(H,22,26)(H,21,23,25). The van der Waals surface area contributed by atoms with E-state index in [2.05, 4.69) is 15.3 Å². The van der Waals surface area contributed by atoms with Gasteiger partial charge in [-0.3, -0.25) is 4.79 Å². The zero-order valence-corrected chi connectivity index (χ0v) is 15.3. The Morgan fingerprint density at radius 1 is 1.27 bits per heavy atom. The van der Waals surface area contributed by atoms with Crippen molar-refractivity contribution < 1.29 is 4.79 Å². The number of nitrogens with one attached hydrogen (secondary N) is 2. The molecule has 7 heteroatoms. The Morgan fingerprint density at radius 3 is 2.77 bits per heavy atom. The van der Waals surface area contributed by atoms with Crippen LogP contribution in [0.3, 0.4) is 0 Å². The van der Waals surface area contributed by atoms with Gasteiger partial charge in [-0.1, -0.05) is 23.7 Å². The maximum absolute atomic E-state index is 12.6. The summed E-state index contributed by atoms with van der Waals surface area (Å²) in [6, 6.07) is 12.1.